The summed E-state index contributed by atoms with van der Waals surface area (Å²) in [4.78, 5) is 8.75. The number of fused-ring (bicyclic) bond motifs is 9. The monoisotopic (exact) mass is 641 g/mol. The number of nitriles is 1. The Morgan fingerprint density at radius 2 is 1.37 bits per heavy atom. The molecule has 0 aliphatic heterocycles. The Labute approximate surface area is 284 Å². The van der Waals surface area contributed by atoms with E-state index >= 15 is 0 Å². The predicted octanol–water partition coefficient (Wildman–Crippen LogP) is 11.7. The summed E-state index contributed by atoms with van der Waals surface area (Å²) in [6, 6.07) is 48.3. The number of thiophene rings is 1. The van der Waals surface area contributed by atoms with Crippen LogP contribution in [0.4, 0.5) is 5.69 Å². The van der Waals surface area contributed by atoms with Crippen molar-refractivity contribution in [1.29, 1.82) is 5.26 Å². The largest absolute Gasteiger partial charge is 0.310 e. The van der Waals surface area contributed by atoms with Crippen LogP contribution in [0.25, 0.3) is 91.3 Å². The quantitative estimate of drug-likeness (QED) is 0.180. The smallest absolute Gasteiger partial charge is 0.189 e. The maximum atomic E-state index is 9.62. The van der Waals surface area contributed by atoms with Gasteiger partial charge < -0.3 is 9.13 Å². The zero-order valence-corrected chi connectivity index (χ0v) is 26.7. The third kappa shape index (κ3) is 4.06. The van der Waals surface area contributed by atoms with Gasteiger partial charge in [-0.1, -0.05) is 48.5 Å². The summed E-state index contributed by atoms with van der Waals surface area (Å²) in [7, 11) is 0. The van der Waals surface area contributed by atoms with Crippen molar-refractivity contribution in [3.05, 3.63) is 157 Å². The molecule has 0 unspecified atom stereocenters. The van der Waals surface area contributed by atoms with Gasteiger partial charge in [-0.05, 0) is 96.1 Å². The molecule has 226 valence electrons. The molecule has 0 aliphatic rings. The Kier molecular flexibility index (Phi) is 5.81. The minimum absolute atomic E-state index is 0.560. The fourth-order valence-corrected chi connectivity index (χ4v) is 8.56. The van der Waals surface area contributed by atoms with Crippen LogP contribution in [0.3, 0.4) is 0 Å². The van der Waals surface area contributed by atoms with Crippen LogP contribution >= 0.6 is 11.3 Å². The van der Waals surface area contributed by atoms with Crippen LogP contribution in [0.1, 0.15) is 5.56 Å². The highest BCUT2D eigenvalue weighted by molar-refractivity contribution is 7.25. The molecule has 4 heterocycles. The molecule has 10 aromatic rings. The maximum absolute atomic E-state index is 9.62. The van der Waals surface area contributed by atoms with Crippen LogP contribution in [0.2, 0.25) is 0 Å². The van der Waals surface area contributed by atoms with Gasteiger partial charge in [-0.3, -0.25) is 4.98 Å². The molecular weight excluding hydrogens is 619 g/mol. The number of hydrogen-bond acceptors (Lipinski definition) is 3. The van der Waals surface area contributed by atoms with Gasteiger partial charge in [0.25, 0.3) is 0 Å². The minimum Gasteiger partial charge on any atom is -0.310 e. The lowest BCUT2D eigenvalue weighted by Gasteiger charge is -2.13. The van der Waals surface area contributed by atoms with Crippen molar-refractivity contribution < 1.29 is 0 Å². The third-order valence-corrected chi connectivity index (χ3v) is 10.7. The number of pyridine rings is 1. The standard InChI is InChI=1S/C43H23N5S/c1-45-29-19-28(21-31(22-29)48-37-12-4-2-10-32(37)34-18-26(25-44)15-16-38(34)48)27-8-6-9-30(20-27)47-39-13-7-17-46-43(39)36-24-42-35(23-40(36)47)33-11-3-5-14-41(33)49-42/h2-24H. The van der Waals surface area contributed by atoms with E-state index in [0.717, 1.165) is 66.2 Å². The molecular formula is C43H23N5S. The van der Waals surface area contributed by atoms with Gasteiger partial charge in [-0.2, -0.15) is 5.26 Å². The van der Waals surface area contributed by atoms with E-state index in [-0.39, 0.29) is 0 Å². The average Bonchev–Trinajstić information content (AvgIpc) is 3.80. The van der Waals surface area contributed by atoms with E-state index in [1.807, 2.05) is 66.1 Å². The van der Waals surface area contributed by atoms with E-state index in [4.69, 9.17) is 11.6 Å². The van der Waals surface area contributed by atoms with E-state index in [1.54, 1.807) is 0 Å². The van der Waals surface area contributed by atoms with Gasteiger partial charge in [0.1, 0.15) is 0 Å². The van der Waals surface area contributed by atoms with E-state index in [1.165, 1.54) is 20.2 Å². The predicted molar refractivity (Wildman–Crippen MR) is 202 cm³/mol. The summed E-state index contributed by atoms with van der Waals surface area (Å²) in [5.74, 6) is 0. The van der Waals surface area contributed by atoms with Gasteiger partial charge in [-0.15, -0.1) is 11.3 Å². The van der Waals surface area contributed by atoms with Crippen molar-refractivity contribution in [2.24, 2.45) is 0 Å². The Balaban J connectivity index is 1.20. The first-order chi connectivity index (χ1) is 24.2. The molecule has 10 rings (SSSR count). The fraction of sp³-hybridized carbons (Fsp3) is 0. The summed E-state index contributed by atoms with van der Waals surface area (Å²) in [5.41, 5.74) is 10.2. The zero-order chi connectivity index (χ0) is 32.6. The lowest BCUT2D eigenvalue weighted by atomic mass is 10.0. The lowest BCUT2D eigenvalue weighted by molar-refractivity contribution is 1.17. The second kappa shape index (κ2) is 10.4. The molecule has 0 saturated carbocycles. The average molecular weight is 642 g/mol. The molecule has 49 heavy (non-hydrogen) atoms. The molecule has 0 fully saturated rings. The molecule has 0 N–H and O–H groups in total. The normalized spacial score (nSPS) is 11.6. The fourth-order valence-electron chi connectivity index (χ4n) is 7.43. The summed E-state index contributed by atoms with van der Waals surface area (Å²) in [6.07, 6.45) is 1.87. The number of hydrogen-bond donors (Lipinski definition) is 0. The SMILES string of the molecule is [C-]#[N+]c1cc(-c2cccc(-n3c4cc5c(cc4c4ncccc43)sc3ccccc35)c2)cc(-n2c3ccccc3c3cc(C#N)ccc32)c1. The van der Waals surface area contributed by atoms with Crippen LogP contribution < -0.4 is 0 Å². The molecule has 0 radical (unpaired) electrons. The Morgan fingerprint density at radius 1 is 0.571 bits per heavy atom. The van der Waals surface area contributed by atoms with Crippen LogP contribution in [0.5, 0.6) is 0 Å². The second-order valence-corrected chi connectivity index (χ2v) is 13.4. The number of nitrogens with zero attached hydrogens (tertiary/aromatic N) is 5. The van der Waals surface area contributed by atoms with E-state index in [0.29, 0.717) is 11.3 Å². The Hall–Kier alpha value is -6.73. The number of aromatic nitrogens is 3. The van der Waals surface area contributed by atoms with Gasteiger partial charge in [-0.25, -0.2) is 4.85 Å². The van der Waals surface area contributed by atoms with Crippen LogP contribution in [0.15, 0.2) is 140 Å². The molecule has 6 aromatic carbocycles. The summed E-state index contributed by atoms with van der Waals surface area (Å²) < 4.78 is 7.04. The number of rotatable bonds is 3. The minimum atomic E-state index is 0.560. The second-order valence-electron chi connectivity index (χ2n) is 12.3. The molecule has 0 aliphatic carbocycles. The van der Waals surface area contributed by atoms with Crippen molar-refractivity contribution >= 4 is 80.9 Å². The van der Waals surface area contributed by atoms with Crippen molar-refractivity contribution in [3.63, 3.8) is 0 Å². The highest BCUT2D eigenvalue weighted by Crippen LogP contribution is 2.41. The van der Waals surface area contributed by atoms with Crippen molar-refractivity contribution in [1.82, 2.24) is 14.1 Å². The molecule has 0 bridgehead atoms. The van der Waals surface area contributed by atoms with Gasteiger partial charge in [0.05, 0.1) is 45.8 Å². The molecule has 5 nitrogen and oxygen atoms in total. The number of benzene rings is 6. The topological polar surface area (TPSA) is 50.9 Å². The number of para-hydroxylation sites is 1. The van der Waals surface area contributed by atoms with Gasteiger partial charge >= 0.3 is 0 Å². The van der Waals surface area contributed by atoms with Crippen LogP contribution in [-0.4, -0.2) is 14.1 Å². The highest BCUT2D eigenvalue weighted by Gasteiger charge is 2.18. The first kappa shape index (κ1) is 27.4. The lowest BCUT2D eigenvalue weighted by Crippen LogP contribution is -1.96. The molecule has 4 aromatic heterocycles. The zero-order valence-electron chi connectivity index (χ0n) is 25.9. The molecule has 0 spiro atoms. The van der Waals surface area contributed by atoms with Crippen LogP contribution in [-0.2, 0) is 0 Å². The first-order valence-electron chi connectivity index (χ1n) is 16.0. The molecule has 0 atom stereocenters. The van der Waals surface area contributed by atoms with Gasteiger partial charge in [0.15, 0.2) is 5.69 Å². The maximum Gasteiger partial charge on any atom is 0.189 e. The van der Waals surface area contributed by atoms with Crippen LogP contribution in [0, 0.1) is 17.9 Å². The third-order valence-electron chi connectivity index (χ3n) is 9.55. The van der Waals surface area contributed by atoms with Gasteiger partial charge in [0.2, 0.25) is 0 Å². The van der Waals surface area contributed by atoms with Crippen molar-refractivity contribution in [2.45, 2.75) is 0 Å². The molecule has 0 amide bonds. The van der Waals surface area contributed by atoms with Gasteiger partial charge in [0, 0.05) is 53.9 Å². The highest BCUT2D eigenvalue weighted by atomic mass is 32.1. The summed E-state index contributed by atoms with van der Waals surface area (Å²) >= 11 is 1.82. The van der Waals surface area contributed by atoms with Crippen molar-refractivity contribution in [3.8, 4) is 28.6 Å². The molecule has 0 saturated heterocycles. The van der Waals surface area contributed by atoms with Crippen molar-refractivity contribution in [2.75, 3.05) is 0 Å². The molecule has 6 heteroatoms. The van der Waals surface area contributed by atoms with E-state index in [2.05, 4.69) is 105 Å². The van der Waals surface area contributed by atoms with E-state index < -0.39 is 0 Å². The first-order valence-corrected chi connectivity index (χ1v) is 16.8. The summed E-state index contributed by atoms with van der Waals surface area (Å²) in [6.45, 7) is 8.02. The van der Waals surface area contributed by atoms with E-state index in [9.17, 15) is 5.26 Å². The summed E-state index contributed by atoms with van der Waals surface area (Å²) in [5, 5.41) is 15.3. The Morgan fingerprint density at radius 3 is 2.27 bits per heavy atom. The Bertz CT molecular complexity index is 3090.